The second kappa shape index (κ2) is 10.1. The highest BCUT2D eigenvalue weighted by molar-refractivity contribution is 5.74. The van der Waals surface area contributed by atoms with Crippen LogP contribution in [-0.4, -0.2) is 60.9 Å². The van der Waals surface area contributed by atoms with Gasteiger partial charge in [0.2, 0.25) is 0 Å². The largest absolute Gasteiger partial charge is 0.493 e. The Bertz CT molecular complexity index is 959. The van der Waals surface area contributed by atoms with E-state index in [4.69, 9.17) is 14.2 Å². The van der Waals surface area contributed by atoms with E-state index in [2.05, 4.69) is 30.9 Å². The molecule has 1 aromatic rings. The Kier molecular flexibility index (Phi) is 7.67. The monoisotopic (exact) mass is 501 g/mol. The van der Waals surface area contributed by atoms with E-state index in [1.165, 1.54) is 11.1 Å². The van der Waals surface area contributed by atoms with Crippen molar-refractivity contribution in [3.63, 3.8) is 0 Å². The van der Waals surface area contributed by atoms with Crippen LogP contribution in [-0.2, 0) is 21.2 Å². The molecule has 0 aromatic heterocycles. The molecule has 7 nitrogen and oxygen atoms in total. The summed E-state index contributed by atoms with van der Waals surface area (Å²) in [6, 6.07) is 4.54. The summed E-state index contributed by atoms with van der Waals surface area (Å²) in [6.07, 6.45) is 3.58. The van der Waals surface area contributed by atoms with Crippen molar-refractivity contribution in [1.29, 1.82) is 0 Å². The molecule has 3 aliphatic rings. The average Bonchev–Trinajstić information content (AvgIpc) is 3.00. The van der Waals surface area contributed by atoms with Crippen molar-refractivity contribution in [2.24, 2.45) is 23.7 Å². The van der Waals surface area contributed by atoms with Gasteiger partial charge in [0.25, 0.3) is 0 Å². The minimum Gasteiger partial charge on any atom is -0.493 e. The normalized spacial score (nSPS) is 29.5. The number of benzene rings is 1. The van der Waals surface area contributed by atoms with Gasteiger partial charge in [0.15, 0.2) is 11.5 Å². The molecule has 4 rings (SSSR count). The molecule has 7 heteroatoms. The number of hydrogen-bond acceptors (Lipinski definition) is 6. The molecule has 0 N–H and O–H groups in total. The van der Waals surface area contributed by atoms with Crippen molar-refractivity contribution in [2.75, 3.05) is 33.9 Å². The number of carbonyl (C=O) groups is 1. The standard InChI is InChI=1S/C29H45N2O5/c1-18(2)11-20-16-30-10-9-19-13-25(34-7)26(35-8)14-22(19)24(30)12-21(20)17-36-27(32)23-15-28(3,4)31(33)29(23,5)6/h13-14,18,20-21,23-24H,9-12,15-17H2,1-8H3/t20-,21+,23?,24-/m1/s1. The topological polar surface area (TPSA) is 71.1 Å². The Labute approximate surface area is 217 Å². The molecule has 1 unspecified atom stereocenters. The molecular formula is C29H45N2O5. The predicted molar refractivity (Wildman–Crippen MR) is 138 cm³/mol. The van der Waals surface area contributed by atoms with Crippen LogP contribution in [0, 0.1) is 23.7 Å². The second-order valence-corrected chi connectivity index (χ2v) is 12.7. The quantitative estimate of drug-likeness (QED) is 0.487. The molecular weight excluding hydrogens is 456 g/mol. The van der Waals surface area contributed by atoms with Crippen molar-refractivity contribution in [3.05, 3.63) is 23.3 Å². The first kappa shape index (κ1) is 27.2. The Balaban J connectivity index is 1.53. The van der Waals surface area contributed by atoms with Gasteiger partial charge in [-0.05, 0) is 94.4 Å². The first-order chi connectivity index (χ1) is 16.9. The Hall–Kier alpha value is -1.83. The third-order valence-electron chi connectivity index (χ3n) is 8.90. The van der Waals surface area contributed by atoms with E-state index >= 15 is 0 Å². The molecule has 0 amide bonds. The number of carbonyl (C=O) groups excluding carboxylic acids is 1. The van der Waals surface area contributed by atoms with Gasteiger partial charge in [0.05, 0.1) is 32.3 Å². The van der Waals surface area contributed by atoms with Crippen molar-refractivity contribution in [1.82, 2.24) is 9.96 Å². The van der Waals surface area contributed by atoms with Crippen LogP contribution in [0.3, 0.4) is 0 Å². The van der Waals surface area contributed by atoms with Crippen LogP contribution in [0.25, 0.3) is 0 Å². The molecule has 36 heavy (non-hydrogen) atoms. The number of hydrogen-bond donors (Lipinski definition) is 0. The van der Waals surface area contributed by atoms with Crippen LogP contribution >= 0.6 is 0 Å². The van der Waals surface area contributed by atoms with Gasteiger partial charge in [0.1, 0.15) is 0 Å². The van der Waals surface area contributed by atoms with Gasteiger partial charge in [-0.1, -0.05) is 13.8 Å². The van der Waals surface area contributed by atoms with Crippen molar-refractivity contribution in [3.8, 4) is 11.5 Å². The van der Waals surface area contributed by atoms with Crippen LogP contribution in [0.4, 0.5) is 0 Å². The van der Waals surface area contributed by atoms with E-state index in [0.29, 0.717) is 24.9 Å². The lowest BCUT2D eigenvalue weighted by Crippen LogP contribution is -2.48. The van der Waals surface area contributed by atoms with Crippen LogP contribution < -0.4 is 9.47 Å². The van der Waals surface area contributed by atoms with Crippen LogP contribution in [0.1, 0.15) is 78.0 Å². The van der Waals surface area contributed by atoms with Crippen LogP contribution in [0.2, 0.25) is 0 Å². The van der Waals surface area contributed by atoms with Crippen molar-refractivity contribution in [2.45, 2.75) is 84.3 Å². The zero-order valence-electron chi connectivity index (χ0n) is 23.4. The molecule has 4 atom stereocenters. The molecule has 2 saturated heterocycles. The summed E-state index contributed by atoms with van der Waals surface area (Å²) in [5.74, 6) is 2.22. The minimum absolute atomic E-state index is 0.229. The Morgan fingerprint density at radius 1 is 1.08 bits per heavy atom. The molecule has 2 fully saturated rings. The highest BCUT2D eigenvalue weighted by Crippen LogP contribution is 2.47. The third kappa shape index (κ3) is 4.99. The first-order valence-electron chi connectivity index (χ1n) is 13.5. The highest BCUT2D eigenvalue weighted by atomic mass is 16.5. The number of piperidine rings is 1. The smallest absolute Gasteiger partial charge is 0.310 e. The Morgan fingerprint density at radius 3 is 2.33 bits per heavy atom. The fourth-order valence-electron chi connectivity index (χ4n) is 7.00. The van der Waals surface area contributed by atoms with Gasteiger partial charge in [-0.25, -0.2) is 0 Å². The lowest BCUT2D eigenvalue weighted by molar-refractivity contribution is -0.249. The van der Waals surface area contributed by atoms with E-state index in [1.54, 1.807) is 14.2 Å². The lowest BCUT2D eigenvalue weighted by atomic mass is 9.74. The number of nitrogens with zero attached hydrogens (tertiary/aromatic N) is 2. The SMILES string of the molecule is COc1cc2c(cc1OC)[C@H]1C[C@@H](COC(=O)C3CC(C)(C)N([O])C3(C)C)[C@H](CC(C)C)CN1CC2. The van der Waals surface area contributed by atoms with Gasteiger partial charge in [-0.2, -0.15) is 0 Å². The molecule has 3 heterocycles. The van der Waals surface area contributed by atoms with Gasteiger partial charge in [-0.15, -0.1) is 10.3 Å². The predicted octanol–water partition coefficient (Wildman–Crippen LogP) is 5.05. The van der Waals surface area contributed by atoms with Gasteiger partial charge >= 0.3 is 5.97 Å². The maximum atomic E-state index is 13.3. The number of ether oxygens (including phenoxy) is 3. The summed E-state index contributed by atoms with van der Waals surface area (Å²) in [6.45, 7) is 14.5. The Morgan fingerprint density at radius 2 is 1.75 bits per heavy atom. The summed E-state index contributed by atoms with van der Waals surface area (Å²) in [5.41, 5.74) is 1.29. The molecule has 0 bridgehead atoms. The van der Waals surface area contributed by atoms with Gasteiger partial charge in [-0.3, -0.25) is 9.69 Å². The molecule has 0 spiro atoms. The average molecular weight is 502 g/mol. The number of methoxy groups -OCH3 is 2. The number of fused-ring (bicyclic) bond motifs is 3. The van der Waals surface area contributed by atoms with Gasteiger partial charge in [0, 0.05) is 24.7 Å². The highest BCUT2D eigenvalue weighted by Gasteiger charge is 2.56. The summed E-state index contributed by atoms with van der Waals surface area (Å²) < 4.78 is 17.2. The summed E-state index contributed by atoms with van der Waals surface area (Å²) in [5, 5.41) is 13.9. The number of hydroxylamine groups is 2. The number of esters is 1. The molecule has 1 aromatic carbocycles. The van der Waals surface area contributed by atoms with E-state index in [1.807, 2.05) is 27.7 Å². The summed E-state index contributed by atoms with van der Waals surface area (Å²) in [7, 11) is 3.36. The minimum atomic E-state index is -0.765. The van der Waals surface area contributed by atoms with Crippen LogP contribution in [0.15, 0.2) is 12.1 Å². The molecule has 3 aliphatic heterocycles. The van der Waals surface area contributed by atoms with E-state index < -0.39 is 17.0 Å². The lowest BCUT2D eigenvalue weighted by Gasteiger charge is -2.47. The third-order valence-corrected chi connectivity index (χ3v) is 8.90. The zero-order chi connectivity index (χ0) is 26.4. The fraction of sp³-hybridized carbons (Fsp3) is 0.759. The summed E-state index contributed by atoms with van der Waals surface area (Å²) in [4.78, 5) is 15.9. The molecule has 0 aliphatic carbocycles. The molecule has 1 radical (unpaired) electrons. The van der Waals surface area contributed by atoms with E-state index in [9.17, 15) is 10.0 Å². The van der Waals surface area contributed by atoms with Gasteiger partial charge < -0.3 is 14.2 Å². The van der Waals surface area contributed by atoms with Crippen molar-refractivity contribution >= 4 is 5.97 Å². The molecule has 0 saturated carbocycles. The number of rotatable bonds is 7. The maximum Gasteiger partial charge on any atom is 0.310 e. The molecule has 201 valence electrons. The maximum absolute atomic E-state index is 13.3. The van der Waals surface area contributed by atoms with E-state index in [0.717, 1.165) is 48.9 Å². The fourth-order valence-corrected chi connectivity index (χ4v) is 7.00. The summed E-state index contributed by atoms with van der Waals surface area (Å²) >= 11 is 0. The van der Waals surface area contributed by atoms with Crippen LogP contribution in [0.5, 0.6) is 11.5 Å². The first-order valence-corrected chi connectivity index (χ1v) is 13.5. The van der Waals surface area contributed by atoms with E-state index in [-0.39, 0.29) is 17.9 Å². The van der Waals surface area contributed by atoms with Crippen molar-refractivity contribution < 1.29 is 24.2 Å². The zero-order valence-corrected chi connectivity index (χ0v) is 23.4. The second-order valence-electron chi connectivity index (χ2n) is 12.7.